The highest BCUT2D eigenvalue weighted by atomic mass is 16.5. The van der Waals surface area contributed by atoms with Crippen LogP contribution in [0.4, 0.5) is 0 Å². The summed E-state index contributed by atoms with van der Waals surface area (Å²) in [5.41, 5.74) is 1.21. The summed E-state index contributed by atoms with van der Waals surface area (Å²) in [6.07, 6.45) is 0. The second-order valence-electron chi connectivity index (χ2n) is 5.93. The molecule has 1 aromatic carbocycles. The number of hydrogen-bond donors (Lipinski definition) is 1. The molecule has 0 atom stereocenters. The van der Waals surface area contributed by atoms with Crippen molar-refractivity contribution >= 4 is 5.96 Å². The minimum absolute atomic E-state index is 0.715. The van der Waals surface area contributed by atoms with Gasteiger partial charge in [-0.25, -0.2) is 0 Å². The Balaban J connectivity index is 1.43. The summed E-state index contributed by atoms with van der Waals surface area (Å²) in [5, 5.41) is 3.38. The molecule has 1 fully saturated rings. The smallest absolute Gasteiger partial charge is 0.194 e. The predicted molar refractivity (Wildman–Crippen MR) is 91.0 cm³/mol. The average Bonchev–Trinajstić information content (AvgIpc) is 2.99. The molecule has 0 amide bonds. The molecule has 23 heavy (non-hydrogen) atoms. The molecule has 0 aromatic heterocycles. The highest BCUT2D eigenvalue weighted by Crippen LogP contribution is 2.13. The lowest BCUT2D eigenvalue weighted by Gasteiger charge is -2.26. The van der Waals surface area contributed by atoms with Crippen LogP contribution in [0, 0.1) is 0 Å². The fourth-order valence-corrected chi connectivity index (χ4v) is 2.77. The van der Waals surface area contributed by atoms with Crippen LogP contribution in [0.15, 0.2) is 29.3 Å². The number of benzene rings is 1. The number of rotatable bonds is 6. The number of likely N-dealkylation sites (N-methyl/N-ethyl adjacent to an activating group) is 1. The van der Waals surface area contributed by atoms with Crippen LogP contribution in [0.25, 0.3) is 0 Å². The number of guanidine groups is 1. The molecule has 1 aromatic rings. The Bertz CT molecular complexity index is 529. The Morgan fingerprint density at radius 1 is 1.26 bits per heavy atom. The lowest BCUT2D eigenvalue weighted by Crippen LogP contribution is -2.38. The van der Waals surface area contributed by atoms with Gasteiger partial charge in [-0.15, -0.1) is 0 Å². The van der Waals surface area contributed by atoms with Crippen LogP contribution in [0.5, 0.6) is 5.75 Å². The number of morpholine rings is 1. The van der Waals surface area contributed by atoms with E-state index >= 15 is 0 Å². The maximum Gasteiger partial charge on any atom is 0.194 e. The summed E-state index contributed by atoms with van der Waals surface area (Å²) < 4.78 is 11.2. The summed E-state index contributed by atoms with van der Waals surface area (Å²) >= 11 is 0. The molecule has 6 heteroatoms. The van der Waals surface area contributed by atoms with Gasteiger partial charge in [0.25, 0.3) is 0 Å². The molecule has 0 aliphatic carbocycles. The van der Waals surface area contributed by atoms with Gasteiger partial charge in [0, 0.05) is 39.8 Å². The third-order valence-corrected chi connectivity index (χ3v) is 4.19. The van der Waals surface area contributed by atoms with Gasteiger partial charge in [0.2, 0.25) is 0 Å². The quantitative estimate of drug-likeness (QED) is 0.840. The Morgan fingerprint density at radius 2 is 2.13 bits per heavy atom. The second kappa shape index (κ2) is 8.17. The third kappa shape index (κ3) is 4.84. The number of hydrogen-bond acceptors (Lipinski definition) is 6. The molecular formula is C17H26N4O2. The zero-order valence-corrected chi connectivity index (χ0v) is 13.8. The minimum Gasteiger partial charge on any atom is -0.492 e. The molecule has 0 radical (unpaired) electrons. The normalized spacial score (nSPS) is 18.8. The van der Waals surface area contributed by atoms with E-state index in [1.54, 1.807) is 0 Å². The molecule has 0 unspecified atom stereocenters. The van der Waals surface area contributed by atoms with Crippen LogP contribution in [0.3, 0.4) is 0 Å². The molecule has 2 aliphatic heterocycles. The van der Waals surface area contributed by atoms with Gasteiger partial charge in [0.1, 0.15) is 12.4 Å². The fraction of sp³-hybridized carbons (Fsp3) is 0.588. The van der Waals surface area contributed by atoms with Gasteiger partial charge in [-0.3, -0.25) is 9.89 Å². The molecule has 6 nitrogen and oxygen atoms in total. The molecule has 0 bridgehead atoms. The summed E-state index contributed by atoms with van der Waals surface area (Å²) in [6, 6.07) is 8.27. The van der Waals surface area contributed by atoms with Crippen molar-refractivity contribution in [1.29, 1.82) is 0 Å². The van der Waals surface area contributed by atoms with Crippen LogP contribution in [0.1, 0.15) is 5.56 Å². The van der Waals surface area contributed by atoms with Crippen molar-refractivity contribution in [3.63, 3.8) is 0 Å². The minimum atomic E-state index is 0.715. The molecule has 1 saturated heterocycles. The van der Waals surface area contributed by atoms with Crippen LogP contribution in [-0.2, 0) is 11.3 Å². The first-order chi connectivity index (χ1) is 11.3. The zero-order chi connectivity index (χ0) is 15.9. The van der Waals surface area contributed by atoms with Crippen molar-refractivity contribution in [2.45, 2.75) is 6.54 Å². The Labute approximate surface area is 138 Å². The molecule has 2 heterocycles. The van der Waals surface area contributed by atoms with E-state index in [9.17, 15) is 0 Å². The molecule has 1 N–H and O–H groups in total. The van der Waals surface area contributed by atoms with Crippen molar-refractivity contribution in [2.75, 3.05) is 59.6 Å². The van der Waals surface area contributed by atoms with Gasteiger partial charge >= 0.3 is 0 Å². The first-order valence-electron chi connectivity index (χ1n) is 8.32. The van der Waals surface area contributed by atoms with Crippen molar-refractivity contribution in [3.05, 3.63) is 29.8 Å². The summed E-state index contributed by atoms with van der Waals surface area (Å²) in [4.78, 5) is 8.96. The SMILES string of the molecule is CN1CCN=C1NCc1cccc(OCCN2CCOCC2)c1. The third-order valence-electron chi connectivity index (χ3n) is 4.19. The maximum absolute atomic E-state index is 5.89. The van der Waals surface area contributed by atoms with E-state index in [2.05, 4.69) is 39.3 Å². The summed E-state index contributed by atoms with van der Waals surface area (Å²) in [6.45, 7) is 7.98. The number of ether oxygens (including phenoxy) is 2. The van der Waals surface area contributed by atoms with Gasteiger partial charge in [0.05, 0.1) is 19.8 Å². The Kier molecular flexibility index (Phi) is 5.71. The number of nitrogens with zero attached hydrogens (tertiary/aromatic N) is 3. The highest BCUT2D eigenvalue weighted by Gasteiger charge is 2.12. The number of nitrogens with one attached hydrogen (secondary N) is 1. The average molecular weight is 318 g/mol. The molecule has 3 rings (SSSR count). The molecular weight excluding hydrogens is 292 g/mol. The van der Waals surface area contributed by atoms with Crippen LogP contribution in [-0.4, -0.2) is 75.4 Å². The zero-order valence-electron chi connectivity index (χ0n) is 13.8. The lowest BCUT2D eigenvalue weighted by atomic mass is 10.2. The first kappa shape index (κ1) is 16.1. The summed E-state index contributed by atoms with van der Waals surface area (Å²) in [5.74, 6) is 1.91. The van der Waals surface area contributed by atoms with E-state index in [1.165, 1.54) is 5.56 Å². The van der Waals surface area contributed by atoms with Gasteiger partial charge in [-0.2, -0.15) is 0 Å². The Hall–Kier alpha value is -1.79. The summed E-state index contributed by atoms with van der Waals surface area (Å²) in [7, 11) is 2.06. The van der Waals surface area contributed by atoms with E-state index in [0.29, 0.717) is 6.61 Å². The van der Waals surface area contributed by atoms with E-state index in [4.69, 9.17) is 9.47 Å². The number of aliphatic imine (C=N–C) groups is 1. The maximum atomic E-state index is 5.89. The molecule has 2 aliphatic rings. The van der Waals surface area contributed by atoms with Gasteiger partial charge in [-0.05, 0) is 17.7 Å². The van der Waals surface area contributed by atoms with E-state index in [0.717, 1.165) is 64.2 Å². The van der Waals surface area contributed by atoms with Crippen LogP contribution < -0.4 is 10.1 Å². The van der Waals surface area contributed by atoms with Crippen LogP contribution in [0.2, 0.25) is 0 Å². The predicted octanol–water partition coefficient (Wildman–Crippen LogP) is 0.789. The Morgan fingerprint density at radius 3 is 2.91 bits per heavy atom. The topological polar surface area (TPSA) is 49.3 Å². The first-order valence-corrected chi connectivity index (χ1v) is 8.32. The van der Waals surface area contributed by atoms with Crippen molar-refractivity contribution in [2.24, 2.45) is 4.99 Å². The highest BCUT2D eigenvalue weighted by molar-refractivity contribution is 5.81. The lowest BCUT2D eigenvalue weighted by molar-refractivity contribution is 0.0322. The van der Waals surface area contributed by atoms with Crippen molar-refractivity contribution < 1.29 is 9.47 Å². The van der Waals surface area contributed by atoms with Crippen LogP contribution >= 0.6 is 0 Å². The molecule has 126 valence electrons. The van der Waals surface area contributed by atoms with E-state index < -0.39 is 0 Å². The van der Waals surface area contributed by atoms with E-state index in [-0.39, 0.29) is 0 Å². The van der Waals surface area contributed by atoms with Crippen molar-refractivity contribution in [3.8, 4) is 5.75 Å². The van der Waals surface area contributed by atoms with Gasteiger partial charge in [-0.1, -0.05) is 12.1 Å². The monoisotopic (exact) mass is 318 g/mol. The largest absolute Gasteiger partial charge is 0.492 e. The van der Waals surface area contributed by atoms with Crippen molar-refractivity contribution in [1.82, 2.24) is 15.1 Å². The van der Waals surface area contributed by atoms with Gasteiger partial charge in [0.15, 0.2) is 5.96 Å². The molecule has 0 saturated carbocycles. The second-order valence-corrected chi connectivity index (χ2v) is 5.93. The van der Waals surface area contributed by atoms with E-state index in [1.807, 2.05) is 12.1 Å². The molecule has 0 spiro atoms. The fourth-order valence-electron chi connectivity index (χ4n) is 2.77. The van der Waals surface area contributed by atoms with Gasteiger partial charge < -0.3 is 19.7 Å². The standard InChI is InChI=1S/C17H26N4O2/c1-20-6-5-18-17(20)19-14-15-3-2-4-16(13-15)23-12-9-21-7-10-22-11-8-21/h2-4,13H,5-12,14H2,1H3,(H,18,19).